The van der Waals surface area contributed by atoms with Crippen LogP contribution in [0.5, 0.6) is 0 Å². The zero-order valence-electron chi connectivity index (χ0n) is 14.6. The molecule has 1 N–H and O–H groups in total. The van der Waals surface area contributed by atoms with Crippen LogP contribution in [-0.4, -0.2) is 51.2 Å². The second kappa shape index (κ2) is 6.55. The van der Waals surface area contributed by atoms with Crippen molar-refractivity contribution in [2.45, 2.75) is 32.3 Å². The molecule has 2 aliphatic rings. The molecule has 25 heavy (non-hydrogen) atoms. The summed E-state index contributed by atoms with van der Waals surface area (Å²) in [5.74, 6) is 2.91. The first kappa shape index (κ1) is 16.2. The van der Waals surface area contributed by atoms with Gasteiger partial charge in [-0.25, -0.2) is 4.98 Å². The van der Waals surface area contributed by atoms with Crippen LogP contribution in [0.4, 0.5) is 0 Å². The van der Waals surface area contributed by atoms with Gasteiger partial charge in [-0.3, -0.25) is 14.9 Å². The fraction of sp³-hybridized carbons (Fsp3) is 0.556. The van der Waals surface area contributed by atoms with Crippen molar-refractivity contribution in [2.75, 3.05) is 20.2 Å². The van der Waals surface area contributed by atoms with E-state index in [1.54, 1.807) is 13.3 Å². The molecular formula is C18H23N5O2. The number of aromatic amines is 1. The third-order valence-corrected chi connectivity index (χ3v) is 5.20. The highest BCUT2D eigenvalue weighted by atomic mass is 16.5. The Hall–Kier alpha value is -2.28. The molecule has 0 aromatic carbocycles. The van der Waals surface area contributed by atoms with Crippen LogP contribution in [0.15, 0.2) is 18.3 Å². The average molecular weight is 341 g/mol. The minimum absolute atomic E-state index is 0.0494. The molecule has 7 heteroatoms. The summed E-state index contributed by atoms with van der Waals surface area (Å²) in [5.41, 5.74) is 1.56. The Morgan fingerprint density at radius 2 is 2.20 bits per heavy atom. The standard InChI is InChI=1S/C18H23N5O2/c1-11-3-4-13(7-19-11)18(24)23-8-14(12-5-6-12)15(9-23)17-20-16(10-25-2)21-22-17/h3-4,7,12,14-15H,5-6,8-10H2,1-2H3,(H,20,21,22)/t14-,15+/m1/s1. The van der Waals surface area contributed by atoms with Crippen LogP contribution >= 0.6 is 0 Å². The smallest absolute Gasteiger partial charge is 0.255 e. The number of nitrogens with one attached hydrogen (secondary N) is 1. The molecule has 1 amide bonds. The Morgan fingerprint density at radius 1 is 1.36 bits per heavy atom. The topological polar surface area (TPSA) is 84.0 Å². The number of aryl methyl sites for hydroxylation is 1. The predicted molar refractivity (Wildman–Crippen MR) is 90.9 cm³/mol. The Kier molecular flexibility index (Phi) is 4.25. The van der Waals surface area contributed by atoms with E-state index in [1.807, 2.05) is 24.0 Å². The third-order valence-electron chi connectivity index (χ3n) is 5.20. The summed E-state index contributed by atoms with van der Waals surface area (Å²) in [4.78, 5) is 23.6. The molecule has 0 radical (unpaired) electrons. The molecule has 2 fully saturated rings. The Labute approximate surface area is 146 Å². The quantitative estimate of drug-likeness (QED) is 0.898. The van der Waals surface area contributed by atoms with E-state index >= 15 is 0 Å². The number of amides is 1. The molecule has 1 aliphatic carbocycles. The summed E-state index contributed by atoms with van der Waals surface area (Å²) in [6.45, 7) is 3.78. The van der Waals surface area contributed by atoms with E-state index in [4.69, 9.17) is 4.74 Å². The highest BCUT2D eigenvalue weighted by Crippen LogP contribution is 2.47. The van der Waals surface area contributed by atoms with Crippen LogP contribution in [0.25, 0.3) is 0 Å². The van der Waals surface area contributed by atoms with Crippen LogP contribution in [0, 0.1) is 18.8 Å². The molecule has 7 nitrogen and oxygen atoms in total. The van der Waals surface area contributed by atoms with Gasteiger partial charge < -0.3 is 9.64 Å². The number of likely N-dealkylation sites (tertiary alicyclic amines) is 1. The minimum atomic E-state index is 0.0494. The Bertz CT molecular complexity index is 753. The fourth-order valence-corrected chi connectivity index (χ4v) is 3.72. The van der Waals surface area contributed by atoms with Crippen LogP contribution in [0.2, 0.25) is 0 Å². The van der Waals surface area contributed by atoms with Crippen molar-refractivity contribution in [2.24, 2.45) is 11.8 Å². The molecule has 1 aliphatic heterocycles. The maximum Gasteiger partial charge on any atom is 0.255 e. The number of H-pyrrole nitrogens is 1. The molecule has 4 rings (SSSR count). The monoisotopic (exact) mass is 341 g/mol. The van der Waals surface area contributed by atoms with Gasteiger partial charge in [0, 0.05) is 38.0 Å². The van der Waals surface area contributed by atoms with Crippen molar-refractivity contribution in [3.63, 3.8) is 0 Å². The Balaban J connectivity index is 1.53. The van der Waals surface area contributed by atoms with E-state index in [-0.39, 0.29) is 11.8 Å². The lowest BCUT2D eigenvalue weighted by Gasteiger charge is -2.16. The summed E-state index contributed by atoms with van der Waals surface area (Å²) in [6.07, 6.45) is 4.15. The van der Waals surface area contributed by atoms with Gasteiger partial charge in [-0.05, 0) is 43.7 Å². The number of rotatable bonds is 5. The number of hydrogen-bond acceptors (Lipinski definition) is 5. The van der Waals surface area contributed by atoms with Crippen LogP contribution in [0.3, 0.4) is 0 Å². The maximum atomic E-state index is 12.8. The van der Waals surface area contributed by atoms with Gasteiger partial charge in [0.25, 0.3) is 5.91 Å². The van der Waals surface area contributed by atoms with E-state index in [2.05, 4.69) is 20.2 Å². The molecule has 0 bridgehead atoms. The summed E-state index contributed by atoms with van der Waals surface area (Å²) in [6, 6.07) is 3.74. The van der Waals surface area contributed by atoms with Gasteiger partial charge in [-0.2, -0.15) is 5.10 Å². The van der Waals surface area contributed by atoms with E-state index in [1.165, 1.54) is 12.8 Å². The fourth-order valence-electron chi connectivity index (χ4n) is 3.72. The molecule has 2 aromatic rings. The summed E-state index contributed by atoms with van der Waals surface area (Å²) < 4.78 is 5.11. The molecule has 0 unspecified atom stereocenters. The van der Waals surface area contributed by atoms with Crippen LogP contribution in [-0.2, 0) is 11.3 Å². The molecule has 1 saturated carbocycles. The van der Waals surface area contributed by atoms with Gasteiger partial charge in [0.15, 0.2) is 11.6 Å². The van der Waals surface area contributed by atoms with Crippen molar-refractivity contribution < 1.29 is 9.53 Å². The van der Waals surface area contributed by atoms with E-state index in [9.17, 15) is 4.79 Å². The lowest BCUT2D eigenvalue weighted by molar-refractivity contribution is 0.0784. The number of methoxy groups -OCH3 is 1. The molecule has 2 aromatic heterocycles. The molecule has 0 spiro atoms. The van der Waals surface area contributed by atoms with Crippen molar-refractivity contribution in [1.29, 1.82) is 0 Å². The van der Waals surface area contributed by atoms with Crippen molar-refractivity contribution in [3.8, 4) is 0 Å². The predicted octanol–water partition coefficient (Wildman–Crippen LogP) is 1.92. The third kappa shape index (κ3) is 3.28. The first-order valence-electron chi connectivity index (χ1n) is 8.77. The highest BCUT2D eigenvalue weighted by molar-refractivity contribution is 5.94. The number of carbonyl (C=O) groups is 1. The molecular weight excluding hydrogens is 318 g/mol. The number of hydrogen-bond donors (Lipinski definition) is 1. The van der Waals surface area contributed by atoms with Gasteiger partial charge >= 0.3 is 0 Å². The summed E-state index contributed by atoms with van der Waals surface area (Å²) >= 11 is 0. The number of ether oxygens (including phenoxy) is 1. The van der Waals surface area contributed by atoms with Gasteiger partial charge in [0.1, 0.15) is 6.61 Å². The lowest BCUT2D eigenvalue weighted by Crippen LogP contribution is -2.29. The van der Waals surface area contributed by atoms with Crippen LogP contribution in [0.1, 0.15) is 46.5 Å². The highest BCUT2D eigenvalue weighted by Gasteiger charge is 2.46. The Morgan fingerprint density at radius 3 is 2.88 bits per heavy atom. The average Bonchev–Trinajstić information content (AvgIpc) is 3.19. The molecule has 1 saturated heterocycles. The largest absolute Gasteiger partial charge is 0.377 e. The van der Waals surface area contributed by atoms with Gasteiger partial charge in [-0.15, -0.1) is 0 Å². The second-order valence-corrected chi connectivity index (χ2v) is 7.08. The second-order valence-electron chi connectivity index (χ2n) is 7.08. The van der Waals surface area contributed by atoms with Crippen LogP contribution < -0.4 is 0 Å². The SMILES string of the molecule is COCc1nc([C@H]2CN(C(=O)c3ccc(C)nc3)C[C@@H]2C2CC2)n[nH]1. The maximum absolute atomic E-state index is 12.8. The normalized spacial score (nSPS) is 23.2. The van der Waals surface area contributed by atoms with E-state index in [0.717, 1.165) is 23.9 Å². The first-order valence-corrected chi connectivity index (χ1v) is 8.77. The van der Waals surface area contributed by atoms with Gasteiger partial charge in [-0.1, -0.05) is 0 Å². The van der Waals surface area contributed by atoms with Crippen molar-refractivity contribution >= 4 is 5.91 Å². The molecule has 132 valence electrons. The van der Waals surface area contributed by atoms with Crippen molar-refractivity contribution in [1.82, 2.24) is 25.1 Å². The number of carbonyl (C=O) groups excluding carboxylic acids is 1. The number of pyridine rings is 1. The summed E-state index contributed by atoms with van der Waals surface area (Å²) in [5, 5.41) is 7.33. The van der Waals surface area contributed by atoms with Gasteiger partial charge in [0.05, 0.1) is 5.56 Å². The first-order chi connectivity index (χ1) is 12.2. The minimum Gasteiger partial charge on any atom is -0.377 e. The van der Waals surface area contributed by atoms with E-state index in [0.29, 0.717) is 30.6 Å². The molecule has 2 atom stereocenters. The van der Waals surface area contributed by atoms with E-state index < -0.39 is 0 Å². The lowest BCUT2D eigenvalue weighted by atomic mass is 9.91. The number of nitrogens with zero attached hydrogens (tertiary/aromatic N) is 4. The van der Waals surface area contributed by atoms with Crippen molar-refractivity contribution in [3.05, 3.63) is 41.2 Å². The zero-order valence-corrected chi connectivity index (χ0v) is 14.6. The van der Waals surface area contributed by atoms with Gasteiger partial charge in [0.2, 0.25) is 0 Å². The zero-order chi connectivity index (χ0) is 17.4. The summed E-state index contributed by atoms with van der Waals surface area (Å²) in [7, 11) is 1.64. The number of aromatic nitrogens is 4. The molecule has 3 heterocycles.